The third-order valence-electron chi connectivity index (χ3n) is 3.29. The van der Waals surface area contributed by atoms with Crippen LogP contribution in [0, 0.1) is 0 Å². The molecule has 0 radical (unpaired) electrons. The maximum absolute atomic E-state index is 12.1. The van der Waals surface area contributed by atoms with Gasteiger partial charge < -0.3 is 9.47 Å². The lowest BCUT2D eigenvalue weighted by Gasteiger charge is -2.18. The lowest BCUT2D eigenvalue weighted by atomic mass is 9.83. The van der Waals surface area contributed by atoms with Crippen molar-refractivity contribution in [2.24, 2.45) is 0 Å². The standard InChI is InChI=1S/C12H12O4/c1-5-9(7-3-15-7)12(14)6(2)10(11(5)13)8-4-16-8/h7-8H,3-4H2,1-2H3/t7-,8-/m0/s1. The monoisotopic (exact) mass is 220 g/mol. The van der Waals surface area contributed by atoms with E-state index in [2.05, 4.69) is 0 Å². The first-order valence-electron chi connectivity index (χ1n) is 5.35. The molecule has 2 heterocycles. The van der Waals surface area contributed by atoms with E-state index < -0.39 is 0 Å². The second-order valence-electron chi connectivity index (χ2n) is 4.38. The quantitative estimate of drug-likeness (QED) is 0.504. The lowest BCUT2D eigenvalue weighted by Crippen LogP contribution is -2.26. The molecule has 1 aliphatic carbocycles. The molecule has 0 aromatic heterocycles. The van der Waals surface area contributed by atoms with Crippen molar-refractivity contribution < 1.29 is 19.1 Å². The van der Waals surface area contributed by atoms with Gasteiger partial charge in [-0.05, 0) is 13.8 Å². The number of ether oxygens (including phenoxy) is 2. The van der Waals surface area contributed by atoms with Crippen LogP contribution in [0.4, 0.5) is 0 Å². The van der Waals surface area contributed by atoms with E-state index in [1.807, 2.05) is 0 Å². The SMILES string of the molecule is CC1=C([C@@H]2CO2)C(=O)C(C)=C([C@@H]2CO2)C1=O. The molecule has 2 saturated heterocycles. The van der Waals surface area contributed by atoms with E-state index >= 15 is 0 Å². The highest BCUT2D eigenvalue weighted by molar-refractivity contribution is 6.25. The van der Waals surface area contributed by atoms with Crippen LogP contribution in [-0.4, -0.2) is 37.0 Å². The number of ketones is 2. The Kier molecular flexibility index (Phi) is 1.94. The first-order valence-corrected chi connectivity index (χ1v) is 5.35. The number of rotatable bonds is 2. The van der Waals surface area contributed by atoms with Gasteiger partial charge >= 0.3 is 0 Å². The van der Waals surface area contributed by atoms with Crippen molar-refractivity contribution in [2.45, 2.75) is 26.1 Å². The molecule has 0 spiro atoms. The summed E-state index contributed by atoms with van der Waals surface area (Å²) in [6.07, 6.45) is -0.318. The van der Waals surface area contributed by atoms with Gasteiger partial charge in [0.2, 0.25) is 0 Å². The van der Waals surface area contributed by atoms with E-state index in [1.165, 1.54) is 0 Å². The summed E-state index contributed by atoms with van der Waals surface area (Å²) < 4.78 is 10.2. The van der Waals surface area contributed by atoms with Crippen molar-refractivity contribution in [2.75, 3.05) is 13.2 Å². The molecule has 0 N–H and O–H groups in total. The molecule has 4 heteroatoms. The Labute approximate surface area is 92.9 Å². The molecule has 2 aliphatic heterocycles. The number of hydrogen-bond donors (Lipinski definition) is 0. The maximum atomic E-state index is 12.1. The fourth-order valence-electron chi connectivity index (χ4n) is 2.19. The molecule has 0 amide bonds. The first kappa shape index (κ1) is 9.93. The Bertz CT molecular complexity index is 417. The zero-order valence-corrected chi connectivity index (χ0v) is 9.20. The van der Waals surface area contributed by atoms with Crippen LogP contribution in [0.1, 0.15) is 13.8 Å². The van der Waals surface area contributed by atoms with Crippen LogP contribution < -0.4 is 0 Å². The second-order valence-corrected chi connectivity index (χ2v) is 4.38. The molecule has 0 bridgehead atoms. The van der Waals surface area contributed by atoms with Gasteiger partial charge in [-0.2, -0.15) is 0 Å². The molecule has 4 nitrogen and oxygen atoms in total. The fourth-order valence-corrected chi connectivity index (χ4v) is 2.19. The number of allylic oxidation sites excluding steroid dienone is 2. The van der Waals surface area contributed by atoms with Crippen LogP contribution >= 0.6 is 0 Å². The van der Waals surface area contributed by atoms with Crippen molar-refractivity contribution in [3.63, 3.8) is 0 Å². The molecule has 0 unspecified atom stereocenters. The Hall–Kier alpha value is -1.26. The number of epoxide rings is 2. The molecule has 84 valence electrons. The van der Waals surface area contributed by atoms with Crippen LogP contribution in [0.5, 0.6) is 0 Å². The Balaban J connectivity index is 2.06. The molecule has 16 heavy (non-hydrogen) atoms. The van der Waals surface area contributed by atoms with Crippen LogP contribution in [0.3, 0.4) is 0 Å². The summed E-state index contributed by atoms with van der Waals surface area (Å²) in [4.78, 5) is 24.2. The first-order chi connectivity index (χ1) is 7.61. The summed E-state index contributed by atoms with van der Waals surface area (Å²) in [5.74, 6) is -0.102. The van der Waals surface area contributed by atoms with Gasteiger partial charge in [-0.25, -0.2) is 0 Å². The highest BCUT2D eigenvalue weighted by Gasteiger charge is 2.44. The number of Topliss-reactive ketones (excluding diaryl/α,β-unsaturated/α-hetero) is 2. The highest BCUT2D eigenvalue weighted by atomic mass is 16.6. The molecule has 3 rings (SSSR count). The maximum Gasteiger partial charge on any atom is 0.188 e. The number of carbonyl (C=O) groups excluding carboxylic acids is 2. The Morgan fingerprint density at radius 1 is 0.875 bits per heavy atom. The molecule has 2 fully saturated rings. The van der Waals surface area contributed by atoms with Gasteiger partial charge in [-0.3, -0.25) is 9.59 Å². The van der Waals surface area contributed by atoms with E-state index in [0.717, 1.165) is 0 Å². The van der Waals surface area contributed by atoms with Gasteiger partial charge in [0.25, 0.3) is 0 Å². The molecule has 2 atom stereocenters. The summed E-state index contributed by atoms with van der Waals surface area (Å²) in [5.41, 5.74) is 2.16. The van der Waals surface area contributed by atoms with Crippen LogP contribution in [0.2, 0.25) is 0 Å². The fraction of sp³-hybridized carbons (Fsp3) is 0.500. The average Bonchev–Trinajstić information content (AvgIpc) is 3.07. The zero-order valence-electron chi connectivity index (χ0n) is 9.20. The molecule has 0 aromatic rings. The van der Waals surface area contributed by atoms with E-state index in [-0.39, 0.29) is 23.8 Å². The minimum absolute atomic E-state index is 0.0508. The third kappa shape index (κ3) is 1.30. The van der Waals surface area contributed by atoms with Gasteiger partial charge in [0.1, 0.15) is 12.2 Å². The topological polar surface area (TPSA) is 59.2 Å². The molecular weight excluding hydrogens is 208 g/mol. The van der Waals surface area contributed by atoms with E-state index in [1.54, 1.807) is 13.8 Å². The van der Waals surface area contributed by atoms with E-state index in [9.17, 15) is 9.59 Å². The highest BCUT2D eigenvalue weighted by Crippen LogP contribution is 2.36. The number of carbonyl (C=O) groups is 2. The van der Waals surface area contributed by atoms with Gasteiger partial charge in [-0.15, -0.1) is 0 Å². The summed E-state index contributed by atoms with van der Waals surface area (Å²) >= 11 is 0. The molecular formula is C12H12O4. The van der Waals surface area contributed by atoms with E-state index in [4.69, 9.17) is 9.47 Å². The van der Waals surface area contributed by atoms with Crippen LogP contribution in [0.15, 0.2) is 22.3 Å². The van der Waals surface area contributed by atoms with Crippen LogP contribution in [-0.2, 0) is 19.1 Å². The predicted molar refractivity (Wildman–Crippen MR) is 54.9 cm³/mol. The van der Waals surface area contributed by atoms with Crippen molar-refractivity contribution >= 4 is 11.6 Å². The van der Waals surface area contributed by atoms with Gasteiger partial charge in [-0.1, -0.05) is 0 Å². The predicted octanol–water partition coefficient (Wildman–Crippen LogP) is 0.569. The van der Waals surface area contributed by atoms with Crippen molar-refractivity contribution in [1.82, 2.24) is 0 Å². The number of hydrogen-bond acceptors (Lipinski definition) is 4. The Morgan fingerprint density at radius 2 is 1.19 bits per heavy atom. The van der Waals surface area contributed by atoms with Crippen molar-refractivity contribution in [1.29, 1.82) is 0 Å². The smallest absolute Gasteiger partial charge is 0.188 e. The van der Waals surface area contributed by atoms with Crippen LogP contribution in [0.25, 0.3) is 0 Å². The summed E-state index contributed by atoms with van der Waals surface area (Å²) in [6, 6.07) is 0. The summed E-state index contributed by atoms with van der Waals surface area (Å²) in [5, 5.41) is 0. The van der Waals surface area contributed by atoms with Crippen molar-refractivity contribution in [3.8, 4) is 0 Å². The molecule has 0 saturated carbocycles. The minimum atomic E-state index is -0.159. The zero-order chi connectivity index (χ0) is 11.4. The van der Waals surface area contributed by atoms with Gasteiger partial charge in [0, 0.05) is 22.3 Å². The lowest BCUT2D eigenvalue weighted by molar-refractivity contribution is -0.116. The largest absolute Gasteiger partial charge is 0.368 e. The molecule has 3 aliphatic rings. The normalized spacial score (nSPS) is 33.6. The van der Waals surface area contributed by atoms with Crippen molar-refractivity contribution in [3.05, 3.63) is 22.3 Å². The average molecular weight is 220 g/mol. The van der Waals surface area contributed by atoms with Gasteiger partial charge in [0.15, 0.2) is 11.6 Å². The minimum Gasteiger partial charge on any atom is -0.368 e. The second kappa shape index (κ2) is 3.12. The summed E-state index contributed by atoms with van der Waals surface area (Å²) in [7, 11) is 0. The summed E-state index contributed by atoms with van der Waals surface area (Å²) in [6.45, 7) is 4.50. The van der Waals surface area contributed by atoms with E-state index in [0.29, 0.717) is 35.5 Å². The third-order valence-corrected chi connectivity index (χ3v) is 3.29. The molecule has 0 aromatic carbocycles. The Morgan fingerprint density at radius 3 is 1.44 bits per heavy atom. The van der Waals surface area contributed by atoms with Gasteiger partial charge in [0.05, 0.1) is 13.2 Å².